The Kier molecular flexibility index (Phi) is 4.77. The molecule has 0 bridgehead atoms. The van der Waals surface area contributed by atoms with Gasteiger partial charge in [0.1, 0.15) is 0 Å². The van der Waals surface area contributed by atoms with Crippen molar-refractivity contribution in [2.75, 3.05) is 5.32 Å². The number of rotatable bonds is 4. The third kappa shape index (κ3) is 4.21. The molecule has 1 rings (SSSR count). The Morgan fingerprint density at radius 1 is 1.56 bits per heavy atom. The average molecular weight is 242 g/mol. The van der Waals surface area contributed by atoms with Crippen LogP contribution in [0.1, 0.15) is 25.3 Å². The van der Waals surface area contributed by atoms with Crippen LogP contribution in [-0.2, 0) is 4.79 Å². The molecule has 0 aromatic heterocycles. The maximum absolute atomic E-state index is 11.4. The van der Waals surface area contributed by atoms with E-state index in [9.17, 15) is 4.79 Å². The number of carbonyl (C=O) groups excluding carboxylic acids is 1. The summed E-state index contributed by atoms with van der Waals surface area (Å²) in [6.45, 7) is 3.57. The van der Waals surface area contributed by atoms with Crippen LogP contribution < -0.4 is 5.32 Å². The maximum atomic E-state index is 11.4. The van der Waals surface area contributed by atoms with Crippen molar-refractivity contribution >= 4 is 23.2 Å². The first-order valence-electron chi connectivity index (χ1n) is 5.23. The van der Waals surface area contributed by atoms with Gasteiger partial charge in [-0.15, -0.1) is 0 Å². The van der Waals surface area contributed by atoms with Crippen LogP contribution in [0.3, 0.4) is 0 Å². The molecule has 88 valence electrons. The van der Waals surface area contributed by atoms with E-state index in [2.05, 4.69) is 5.32 Å². The SMILES string of the molecule is Cc1ccc(NC(=O)CCC(C)O)cc1Cl. The molecule has 0 saturated heterocycles. The largest absolute Gasteiger partial charge is 0.393 e. The number of hydrogen-bond acceptors (Lipinski definition) is 2. The van der Waals surface area contributed by atoms with Crippen LogP contribution in [0, 0.1) is 6.92 Å². The average Bonchev–Trinajstić information content (AvgIpc) is 2.21. The van der Waals surface area contributed by atoms with Crippen LogP contribution in [-0.4, -0.2) is 17.1 Å². The standard InChI is InChI=1S/C12H16ClNO2/c1-8-3-5-10(7-11(8)13)14-12(16)6-4-9(2)15/h3,5,7,9,15H,4,6H2,1-2H3,(H,14,16). The van der Waals surface area contributed by atoms with E-state index in [1.165, 1.54) is 0 Å². The molecule has 0 fully saturated rings. The number of halogens is 1. The molecule has 16 heavy (non-hydrogen) atoms. The number of amides is 1. The van der Waals surface area contributed by atoms with E-state index >= 15 is 0 Å². The lowest BCUT2D eigenvalue weighted by Gasteiger charge is -2.07. The first-order valence-corrected chi connectivity index (χ1v) is 5.61. The van der Waals surface area contributed by atoms with E-state index in [0.717, 1.165) is 5.56 Å². The second kappa shape index (κ2) is 5.87. The summed E-state index contributed by atoms with van der Waals surface area (Å²) in [6, 6.07) is 5.38. The highest BCUT2D eigenvalue weighted by atomic mass is 35.5. The zero-order valence-electron chi connectivity index (χ0n) is 9.46. The Bertz CT molecular complexity index is 377. The summed E-state index contributed by atoms with van der Waals surface area (Å²) >= 11 is 5.93. The number of hydrogen-bond donors (Lipinski definition) is 2. The topological polar surface area (TPSA) is 49.3 Å². The van der Waals surface area contributed by atoms with Crippen molar-refractivity contribution in [3.05, 3.63) is 28.8 Å². The zero-order chi connectivity index (χ0) is 12.1. The van der Waals surface area contributed by atoms with Crippen molar-refractivity contribution in [3.63, 3.8) is 0 Å². The summed E-state index contributed by atoms with van der Waals surface area (Å²) in [5.74, 6) is -0.110. The number of carbonyl (C=O) groups is 1. The monoisotopic (exact) mass is 241 g/mol. The Labute approximate surface area is 100 Å². The second-order valence-electron chi connectivity index (χ2n) is 3.90. The van der Waals surface area contributed by atoms with Gasteiger partial charge in [-0.2, -0.15) is 0 Å². The van der Waals surface area contributed by atoms with E-state index in [1.807, 2.05) is 19.1 Å². The molecule has 2 N–H and O–H groups in total. The maximum Gasteiger partial charge on any atom is 0.224 e. The fourth-order valence-corrected chi connectivity index (χ4v) is 1.41. The number of nitrogens with one attached hydrogen (secondary N) is 1. The number of aryl methyl sites for hydroxylation is 1. The van der Waals surface area contributed by atoms with Gasteiger partial charge in [-0.3, -0.25) is 4.79 Å². The molecule has 1 amide bonds. The normalized spacial score (nSPS) is 12.2. The molecule has 0 aliphatic heterocycles. The highest BCUT2D eigenvalue weighted by Crippen LogP contribution is 2.20. The van der Waals surface area contributed by atoms with E-state index < -0.39 is 6.10 Å². The second-order valence-corrected chi connectivity index (χ2v) is 4.31. The van der Waals surface area contributed by atoms with Crippen molar-refractivity contribution in [1.29, 1.82) is 0 Å². The zero-order valence-corrected chi connectivity index (χ0v) is 10.2. The quantitative estimate of drug-likeness (QED) is 0.852. The molecule has 3 nitrogen and oxygen atoms in total. The number of aliphatic hydroxyl groups is 1. The van der Waals surface area contributed by atoms with Crippen LogP contribution in [0.5, 0.6) is 0 Å². The summed E-state index contributed by atoms with van der Waals surface area (Å²) in [4.78, 5) is 11.4. The van der Waals surface area contributed by atoms with Crippen molar-refractivity contribution in [1.82, 2.24) is 0 Å². The lowest BCUT2D eigenvalue weighted by molar-refractivity contribution is -0.116. The van der Waals surface area contributed by atoms with Crippen LogP contribution in [0.25, 0.3) is 0 Å². The van der Waals surface area contributed by atoms with E-state index in [0.29, 0.717) is 23.6 Å². The van der Waals surface area contributed by atoms with Gasteiger partial charge in [0.25, 0.3) is 0 Å². The predicted octanol–water partition coefficient (Wildman–Crippen LogP) is 2.75. The van der Waals surface area contributed by atoms with Crippen molar-refractivity contribution in [2.24, 2.45) is 0 Å². The van der Waals surface area contributed by atoms with Crippen LogP contribution in [0.4, 0.5) is 5.69 Å². The fraction of sp³-hybridized carbons (Fsp3) is 0.417. The van der Waals surface area contributed by atoms with Gasteiger partial charge in [0, 0.05) is 17.1 Å². The molecule has 1 unspecified atom stereocenters. The molecule has 0 saturated carbocycles. The lowest BCUT2D eigenvalue weighted by atomic mass is 10.2. The van der Waals surface area contributed by atoms with Crippen LogP contribution in [0.2, 0.25) is 5.02 Å². The number of aliphatic hydroxyl groups excluding tert-OH is 1. The van der Waals surface area contributed by atoms with Gasteiger partial charge in [0.2, 0.25) is 5.91 Å². The van der Waals surface area contributed by atoms with Gasteiger partial charge >= 0.3 is 0 Å². The molecule has 4 heteroatoms. The molecule has 0 heterocycles. The molecular weight excluding hydrogens is 226 g/mol. The molecule has 0 aliphatic carbocycles. The fourth-order valence-electron chi connectivity index (χ4n) is 1.23. The summed E-state index contributed by atoms with van der Waals surface area (Å²) in [5.41, 5.74) is 1.66. The van der Waals surface area contributed by atoms with E-state index in [1.54, 1.807) is 13.0 Å². The highest BCUT2D eigenvalue weighted by Gasteiger charge is 2.05. The minimum atomic E-state index is -0.452. The van der Waals surface area contributed by atoms with Gasteiger partial charge < -0.3 is 10.4 Å². The first kappa shape index (κ1) is 13.0. The molecule has 0 aliphatic rings. The molecule has 1 aromatic rings. The van der Waals surface area contributed by atoms with Crippen molar-refractivity contribution in [3.8, 4) is 0 Å². The van der Waals surface area contributed by atoms with Gasteiger partial charge in [0.15, 0.2) is 0 Å². The summed E-state index contributed by atoms with van der Waals surface area (Å²) < 4.78 is 0. The van der Waals surface area contributed by atoms with Gasteiger partial charge in [-0.05, 0) is 38.0 Å². The smallest absolute Gasteiger partial charge is 0.224 e. The molecular formula is C12H16ClNO2. The number of benzene rings is 1. The Morgan fingerprint density at radius 2 is 2.25 bits per heavy atom. The van der Waals surface area contributed by atoms with E-state index in [-0.39, 0.29) is 5.91 Å². The Hall–Kier alpha value is -1.06. The molecule has 0 spiro atoms. The summed E-state index contributed by atoms with van der Waals surface area (Å²) in [5, 5.41) is 12.4. The highest BCUT2D eigenvalue weighted by molar-refractivity contribution is 6.31. The molecule has 1 atom stereocenters. The first-order chi connectivity index (χ1) is 7.49. The Balaban J connectivity index is 2.53. The van der Waals surface area contributed by atoms with E-state index in [4.69, 9.17) is 16.7 Å². The summed E-state index contributed by atoms with van der Waals surface area (Å²) in [6.07, 6.45) is 0.321. The predicted molar refractivity (Wildman–Crippen MR) is 65.7 cm³/mol. The molecule has 1 aromatic carbocycles. The van der Waals surface area contributed by atoms with Gasteiger partial charge in [0.05, 0.1) is 6.10 Å². The minimum Gasteiger partial charge on any atom is -0.393 e. The van der Waals surface area contributed by atoms with Crippen LogP contribution in [0.15, 0.2) is 18.2 Å². The lowest BCUT2D eigenvalue weighted by Crippen LogP contribution is -2.14. The van der Waals surface area contributed by atoms with Crippen LogP contribution >= 0.6 is 11.6 Å². The van der Waals surface area contributed by atoms with Gasteiger partial charge in [-0.25, -0.2) is 0 Å². The molecule has 0 radical (unpaired) electrons. The number of anilines is 1. The third-order valence-corrected chi connectivity index (χ3v) is 2.65. The third-order valence-electron chi connectivity index (χ3n) is 2.24. The van der Waals surface area contributed by atoms with Gasteiger partial charge in [-0.1, -0.05) is 17.7 Å². The van der Waals surface area contributed by atoms with Crippen molar-refractivity contribution in [2.45, 2.75) is 32.8 Å². The Morgan fingerprint density at radius 3 is 2.81 bits per heavy atom. The van der Waals surface area contributed by atoms with Crippen molar-refractivity contribution < 1.29 is 9.90 Å². The minimum absolute atomic E-state index is 0.110. The summed E-state index contributed by atoms with van der Waals surface area (Å²) in [7, 11) is 0.